The summed E-state index contributed by atoms with van der Waals surface area (Å²) in [7, 11) is 1.59. The summed E-state index contributed by atoms with van der Waals surface area (Å²) in [6.07, 6.45) is 0.736. The Morgan fingerprint density at radius 2 is 1.59 bits per heavy atom. The third kappa shape index (κ3) is 7.79. The van der Waals surface area contributed by atoms with E-state index in [-0.39, 0.29) is 18.4 Å². The van der Waals surface area contributed by atoms with Crippen molar-refractivity contribution in [3.63, 3.8) is 0 Å². The van der Waals surface area contributed by atoms with Crippen LogP contribution in [-0.4, -0.2) is 35.6 Å². The highest BCUT2D eigenvalue weighted by molar-refractivity contribution is 7.98. The number of hydrogen-bond acceptors (Lipinski definition) is 3. The summed E-state index contributed by atoms with van der Waals surface area (Å²) in [5.41, 5.74) is 2.95. The summed E-state index contributed by atoms with van der Waals surface area (Å²) in [4.78, 5) is 28.0. The van der Waals surface area contributed by atoms with Crippen molar-refractivity contribution in [1.29, 1.82) is 0 Å². The second-order valence-electron chi connectivity index (χ2n) is 7.87. The fraction of sp³-hybridized carbons (Fsp3) is 0.259. The number of nitrogens with zero attached hydrogens (tertiary/aromatic N) is 1. The Bertz CT molecular complexity index is 1080. The van der Waals surface area contributed by atoms with Gasteiger partial charge in [0.05, 0.1) is 0 Å². The number of carbonyl (C=O) groups is 2. The van der Waals surface area contributed by atoms with E-state index in [1.807, 2.05) is 48.5 Å². The summed E-state index contributed by atoms with van der Waals surface area (Å²) in [5, 5.41) is 3.72. The predicted molar refractivity (Wildman–Crippen MR) is 142 cm³/mol. The van der Waals surface area contributed by atoms with Gasteiger partial charge in [-0.25, -0.2) is 0 Å². The molecule has 0 bridgehead atoms. The average Bonchev–Trinajstić information content (AvgIpc) is 2.86. The molecule has 0 aliphatic heterocycles. The Kier molecular flexibility index (Phi) is 10.3. The number of carbonyl (C=O) groups excluding carboxylic acids is 2. The molecule has 0 aliphatic rings. The molecule has 0 spiro atoms. The van der Waals surface area contributed by atoms with Crippen LogP contribution in [0, 0.1) is 0 Å². The van der Waals surface area contributed by atoms with Crippen molar-refractivity contribution < 1.29 is 9.59 Å². The van der Waals surface area contributed by atoms with E-state index in [4.69, 9.17) is 23.2 Å². The molecule has 0 radical (unpaired) electrons. The van der Waals surface area contributed by atoms with Gasteiger partial charge >= 0.3 is 0 Å². The topological polar surface area (TPSA) is 49.4 Å². The minimum Gasteiger partial charge on any atom is -0.357 e. The van der Waals surface area contributed by atoms with Gasteiger partial charge in [0.25, 0.3) is 0 Å². The third-order valence-corrected chi connectivity index (χ3v) is 7.06. The van der Waals surface area contributed by atoms with Crippen LogP contribution < -0.4 is 5.32 Å². The van der Waals surface area contributed by atoms with E-state index in [0.717, 1.165) is 16.9 Å². The van der Waals surface area contributed by atoms with Crippen molar-refractivity contribution in [2.75, 3.05) is 12.8 Å². The zero-order valence-electron chi connectivity index (χ0n) is 19.0. The van der Waals surface area contributed by atoms with Crippen LogP contribution in [0.1, 0.15) is 23.1 Å². The number of halogens is 2. The monoisotopic (exact) mass is 514 g/mol. The van der Waals surface area contributed by atoms with Gasteiger partial charge in [-0.3, -0.25) is 9.59 Å². The number of thioether (sulfide) groups is 1. The molecular weight excluding hydrogens is 487 g/mol. The fourth-order valence-electron chi connectivity index (χ4n) is 3.62. The van der Waals surface area contributed by atoms with Gasteiger partial charge in [-0.05, 0) is 28.8 Å². The number of likely N-dealkylation sites (N-methyl/N-ethyl adjacent to an activating group) is 1. The number of amides is 2. The van der Waals surface area contributed by atoms with Crippen molar-refractivity contribution in [3.05, 3.63) is 106 Å². The van der Waals surface area contributed by atoms with Gasteiger partial charge in [0.2, 0.25) is 11.8 Å². The second-order valence-corrected chi connectivity index (χ2v) is 9.81. The highest BCUT2D eigenvalue weighted by Gasteiger charge is 2.30. The van der Waals surface area contributed by atoms with Gasteiger partial charge in [0.15, 0.2) is 0 Å². The first-order chi connectivity index (χ1) is 16.5. The van der Waals surface area contributed by atoms with E-state index < -0.39 is 6.04 Å². The molecule has 3 aromatic rings. The Balaban J connectivity index is 1.78. The number of nitrogens with one attached hydrogen (secondary N) is 1. The van der Waals surface area contributed by atoms with Crippen molar-refractivity contribution in [2.24, 2.45) is 0 Å². The lowest BCUT2D eigenvalue weighted by Crippen LogP contribution is -2.49. The largest absolute Gasteiger partial charge is 0.357 e. The van der Waals surface area contributed by atoms with Crippen molar-refractivity contribution in [3.8, 4) is 0 Å². The van der Waals surface area contributed by atoms with Gasteiger partial charge in [-0.15, -0.1) is 0 Å². The molecule has 4 nitrogen and oxygen atoms in total. The number of benzene rings is 3. The Morgan fingerprint density at radius 1 is 0.941 bits per heavy atom. The summed E-state index contributed by atoms with van der Waals surface area (Å²) >= 11 is 14.2. The quantitative estimate of drug-likeness (QED) is 0.319. The molecular formula is C27H28Cl2N2O2S. The maximum atomic E-state index is 13.5. The molecule has 34 heavy (non-hydrogen) atoms. The van der Waals surface area contributed by atoms with E-state index in [0.29, 0.717) is 28.6 Å². The van der Waals surface area contributed by atoms with Gasteiger partial charge in [-0.1, -0.05) is 89.9 Å². The number of rotatable bonds is 11. The molecule has 0 saturated carbocycles. The van der Waals surface area contributed by atoms with E-state index >= 15 is 0 Å². The van der Waals surface area contributed by atoms with Crippen molar-refractivity contribution in [1.82, 2.24) is 10.2 Å². The molecule has 2 amide bonds. The van der Waals surface area contributed by atoms with Crippen molar-refractivity contribution >= 4 is 46.8 Å². The zero-order valence-corrected chi connectivity index (χ0v) is 21.4. The van der Waals surface area contributed by atoms with Crippen LogP contribution >= 0.6 is 35.0 Å². The van der Waals surface area contributed by atoms with E-state index in [1.165, 1.54) is 5.56 Å². The van der Waals surface area contributed by atoms with Crippen LogP contribution in [-0.2, 0) is 28.3 Å². The maximum Gasteiger partial charge on any atom is 0.242 e. The molecule has 0 saturated heterocycles. The van der Waals surface area contributed by atoms with Gasteiger partial charge in [-0.2, -0.15) is 11.8 Å². The Morgan fingerprint density at radius 3 is 2.21 bits per heavy atom. The summed E-state index contributed by atoms with van der Waals surface area (Å²) in [5.74, 6) is 1.19. The molecule has 0 heterocycles. The molecule has 1 atom stereocenters. The molecule has 1 N–H and O–H groups in total. The van der Waals surface area contributed by atoms with E-state index in [2.05, 4.69) is 17.4 Å². The van der Waals surface area contributed by atoms with E-state index in [1.54, 1.807) is 41.9 Å². The molecule has 178 valence electrons. The Labute approximate surface area is 215 Å². The fourth-order valence-corrected chi connectivity index (χ4v) is 4.98. The molecule has 0 aromatic heterocycles. The van der Waals surface area contributed by atoms with Gasteiger partial charge in [0.1, 0.15) is 6.04 Å². The highest BCUT2D eigenvalue weighted by atomic mass is 35.5. The standard InChI is InChI=1S/C27H28Cl2N2O2S/c1-30-27(33)25(16-20-8-4-2-5-9-20)31(18-22-12-13-23(28)17-24(22)29)26(32)14-15-34-19-21-10-6-3-7-11-21/h2-13,17,25H,14-16,18-19H2,1H3,(H,30,33). The van der Waals surface area contributed by atoms with Crippen LogP contribution in [0.4, 0.5) is 0 Å². The van der Waals surface area contributed by atoms with Crippen molar-refractivity contribution in [2.45, 2.75) is 31.2 Å². The summed E-state index contributed by atoms with van der Waals surface area (Å²) in [6, 6.07) is 24.4. The minimum atomic E-state index is -0.661. The van der Waals surface area contributed by atoms with Crippen LogP contribution in [0.3, 0.4) is 0 Å². The maximum absolute atomic E-state index is 13.5. The van der Waals surface area contributed by atoms with E-state index in [9.17, 15) is 9.59 Å². The molecule has 3 aromatic carbocycles. The van der Waals surface area contributed by atoms with Crippen LogP contribution in [0.2, 0.25) is 10.0 Å². The minimum absolute atomic E-state index is 0.0869. The molecule has 7 heteroatoms. The van der Waals surface area contributed by atoms with Crippen LogP contribution in [0.15, 0.2) is 78.9 Å². The zero-order chi connectivity index (χ0) is 24.3. The van der Waals surface area contributed by atoms with Gasteiger partial charge in [0, 0.05) is 48.0 Å². The lowest BCUT2D eigenvalue weighted by atomic mass is 10.0. The van der Waals surface area contributed by atoms with Crippen LogP contribution in [0.25, 0.3) is 0 Å². The predicted octanol–water partition coefficient (Wildman–Crippen LogP) is 6.00. The molecule has 1 unspecified atom stereocenters. The smallest absolute Gasteiger partial charge is 0.242 e. The number of hydrogen-bond donors (Lipinski definition) is 1. The third-order valence-electron chi connectivity index (χ3n) is 5.45. The lowest BCUT2D eigenvalue weighted by molar-refractivity contribution is -0.140. The first-order valence-electron chi connectivity index (χ1n) is 11.1. The summed E-state index contributed by atoms with van der Waals surface area (Å²) < 4.78 is 0. The SMILES string of the molecule is CNC(=O)C(Cc1ccccc1)N(Cc1ccc(Cl)cc1Cl)C(=O)CCSCc1ccccc1. The summed E-state index contributed by atoms with van der Waals surface area (Å²) in [6.45, 7) is 0.225. The first kappa shape index (κ1) is 26.1. The molecule has 3 rings (SSSR count). The normalized spacial score (nSPS) is 11.6. The molecule has 0 aliphatic carbocycles. The molecule has 0 fully saturated rings. The van der Waals surface area contributed by atoms with Gasteiger partial charge < -0.3 is 10.2 Å². The Hall–Kier alpha value is -2.47. The average molecular weight is 516 g/mol. The second kappa shape index (κ2) is 13.4. The first-order valence-corrected chi connectivity index (χ1v) is 13.0. The highest BCUT2D eigenvalue weighted by Crippen LogP contribution is 2.25. The lowest BCUT2D eigenvalue weighted by Gasteiger charge is -2.31. The van der Waals surface area contributed by atoms with Crippen LogP contribution in [0.5, 0.6) is 0 Å².